The van der Waals surface area contributed by atoms with Gasteiger partial charge in [0.05, 0.1) is 18.9 Å². The summed E-state index contributed by atoms with van der Waals surface area (Å²) in [5, 5.41) is 11.4. The second-order valence-electron chi connectivity index (χ2n) is 9.89. The first kappa shape index (κ1) is 24.3. The number of methoxy groups -OCH3 is 1. The van der Waals surface area contributed by atoms with Crippen LogP contribution in [0.4, 0.5) is 0 Å². The summed E-state index contributed by atoms with van der Waals surface area (Å²) in [4.78, 5) is 27.9. The van der Waals surface area contributed by atoms with E-state index < -0.39 is 17.7 Å². The molecular weight excluding hydrogens is 442 g/mol. The van der Waals surface area contributed by atoms with Gasteiger partial charge in [-0.25, -0.2) is 0 Å². The fourth-order valence-electron chi connectivity index (χ4n) is 4.38. The van der Waals surface area contributed by atoms with Crippen LogP contribution in [-0.2, 0) is 21.4 Å². The van der Waals surface area contributed by atoms with Gasteiger partial charge in [-0.1, -0.05) is 45.0 Å². The summed E-state index contributed by atoms with van der Waals surface area (Å²) in [7, 11) is 1.61. The fourth-order valence-corrected chi connectivity index (χ4v) is 4.38. The lowest BCUT2D eigenvalue weighted by Gasteiger charge is -2.24. The predicted octanol–water partition coefficient (Wildman–Crippen LogP) is 5.56. The van der Waals surface area contributed by atoms with Crippen LogP contribution in [0.1, 0.15) is 54.8 Å². The molecule has 1 unspecified atom stereocenters. The Morgan fingerprint density at radius 1 is 1.09 bits per heavy atom. The Labute approximate surface area is 205 Å². The Morgan fingerprint density at radius 3 is 2.40 bits per heavy atom. The van der Waals surface area contributed by atoms with Crippen LogP contribution >= 0.6 is 0 Å². The van der Waals surface area contributed by atoms with Crippen molar-refractivity contribution in [2.24, 2.45) is 0 Å². The van der Waals surface area contributed by atoms with Crippen LogP contribution in [0.5, 0.6) is 5.75 Å². The fraction of sp³-hybridized carbons (Fsp3) is 0.310. The number of amides is 1. The SMILES string of the molecule is COc1ccc(CCN2C(=O)C(=O)/C(=C(/O)c3cc(C(C)(C)C)ccc3C)C2c2ccco2)cc1. The highest BCUT2D eigenvalue weighted by Gasteiger charge is 2.47. The zero-order valence-electron chi connectivity index (χ0n) is 20.8. The molecule has 6 heteroatoms. The molecule has 0 bridgehead atoms. The number of carbonyl (C=O) groups excluding carboxylic acids is 2. The summed E-state index contributed by atoms with van der Waals surface area (Å²) in [6.45, 7) is 8.43. The Bertz CT molecular complexity index is 1260. The molecule has 6 nitrogen and oxygen atoms in total. The highest BCUT2D eigenvalue weighted by atomic mass is 16.5. The molecule has 1 saturated heterocycles. The molecule has 35 heavy (non-hydrogen) atoms. The number of nitrogens with zero attached hydrogens (tertiary/aromatic N) is 1. The maximum absolute atomic E-state index is 13.3. The maximum Gasteiger partial charge on any atom is 0.295 e. The molecule has 1 aromatic heterocycles. The standard InChI is InChI=1S/C29H31NO5/c1-18-8-11-20(29(2,3)4)17-22(18)26(31)24-25(23-7-6-16-35-23)30(28(33)27(24)32)15-14-19-9-12-21(34-5)13-10-19/h6-13,16-17,25,31H,14-15H2,1-5H3/b26-24+. The lowest BCUT2D eigenvalue weighted by atomic mass is 9.84. The second kappa shape index (κ2) is 9.45. The number of rotatable bonds is 6. The van der Waals surface area contributed by atoms with Crippen molar-refractivity contribution < 1.29 is 23.8 Å². The number of Topliss-reactive ketones (excluding diaryl/α,β-unsaturated/α-hetero) is 1. The highest BCUT2D eigenvalue weighted by Crippen LogP contribution is 2.40. The largest absolute Gasteiger partial charge is 0.507 e. The summed E-state index contributed by atoms with van der Waals surface area (Å²) in [5.41, 5.74) is 3.29. The Hall–Kier alpha value is -3.80. The minimum absolute atomic E-state index is 0.0499. The van der Waals surface area contributed by atoms with E-state index in [1.807, 2.05) is 49.4 Å². The van der Waals surface area contributed by atoms with E-state index >= 15 is 0 Å². The average molecular weight is 474 g/mol. The van der Waals surface area contributed by atoms with Crippen molar-refractivity contribution in [2.45, 2.75) is 45.6 Å². The van der Waals surface area contributed by atoms with E-state index in [9.17, 15) is 14.7 Å². The minimum Gasteiger partial charge on any atom is -0.507 e. The molecule has 4 rings (SSSR count). The average Bonchev–Trinajstić information content (AvgIpc) is 3.44. The summed E-state index contributed by atoms with van der Waals surface area (Å²) >= 11 is 0. The van der Waals surface area contributed by atoms with E-state index in [4.69, 9.17) is 9.15 Å². The van der Waals surface area contributed by atoms with Crippen molar-refractivity contribution in [3.63, 3.8) is 0 Å². The molecule has 1 fully saturated rings. The molecule has 1 aliphatic heterocycles. The monoisotopic (exact) mass is 473 g/mol. The summed E-state index contributed by atoms with van der Waals surface area (Å²) in [5.74, 6) is -0.353. The zero-order chi connectivity index (χ0) is 25.3. The molecule has 1 aliphatic rings. The van der Waals surface area contributed by atoms with Gasteiger partial charge in [0.25, 0.3) is 11.7 Å². The number of carbonyl (C=O) groups is 2. The smallest absolute Gasteiger partial charge is 0.295 e. The van der Waals surface area contributed by atoms with Gasteiger partial charge >= 0.3 is 0 Å². The quantitative estimate of drug-likeness (QED) is 0.288. The number of ether oxygens (including phenoxy) is 1. The second-order valence-corrected chi connectivity index (χ2v) is 9.89. The van der Waals surface area contributed by atoms with Gasteiger partial charge in [-0.15, -0.1) is 0 Å². The van der Waals surface area contributed by atoms with E-state index in [0.717, 1.165) is 22.4 Å². The number of aryl methyl sites for hydroxylation is 1. The summed E-state index contributed by atoms with van der Waals surface area (Å²) in [6, 6.07) is 16.1. The molecule has 2 aromatic carbocycles. The first-order chi connectivity index (χ1) is 16.6. The van der Waals surface area contributed by atoms with E-state index in [-0.39, 0.29) is 16.7 Å². The first-order valence-electron chi connectivity index (χ1n) is 11.7. The van der Waals surface area contributed by atoms with Crippen molar-refractivity contribution in [3.05, 3.63) is 94.4 Å². The summed E-state index contributed by atoms with van der Waals surface area (Å²) < 4.78 is 10.9. The topological polar surface area (TPSA) is 80.0 Å². The Balaban J connectivity index is 1.76. The molecule has 182 valence electrons. The van der Waals surface area contributed by atoms with Crippen LogP contribution in [0.2, 0.25) is 0 Å². The van der Waals surface area contributed by atoms with Gasteiger partial charge < -0.3 is 19.2 Å². The molecule has 2 heterocycles. The van der Waals surface area contributed by atoms with E-state index in [1.54, 1.807) is 19.2 Å². The number of hydrogen-bond acceptors (Lipinski definition) is 5. The lowest BCUT2D eigenvalue weighted by Crippen LogP contribution is -2.31. The van der Waals surface area contributed by atoms with Gasteiger partial charge in [-0.2, -0.15) is 0 Å². The third-order valence-corrected chi connectivity index (χ3v) is 6.51. The first-order valence-corrected chi connectivity index (χ1v) is 11.7. The molecule has 0 spiro atoms. The van der Waals surface area contributed by atoms with Gasteiger partial charge in [-0.3, -0.25) is 9.59 Å². The van der Waals surface area contributed by atoms with Crippen molar-refractivity contribution in [1.29, 1.82) is 0 Å². The summed E-state index contributed by atoms with van der Waals surface area (Å²) in [6.07, 6.45) is 2.04. The van der Waals surface area contributed by atoms with Crippen molar-refractivity contribution >= 4 is 17.4 Å². The van der Waals surface area contributed by atoms with Crippen LogP contribution in [0.15, 0.2) is 70.9 Å². The molecule has 1 atom stereocenters. The molecule has 3 aromatic rings. The number of benzene rings is 2. The van der Waals surface area contributed by atoms with Crippen LogP contribution in [0.3, 0.4) is 0 Å². The number of furan rings is 1. The molecule has 1 amide bonds. The highest BCUT2D eigenvalue weighted by molar-refractivity contribution is 6.46. The molecule has 0 aliphatic carbocycles. The van der Waals surface area contributed by atoms with Gasteiger partial charge in [0, 0.05) is 12.1 Å². The minimum atomic E-state index is -0.805. The Morgan fingerprint density at radius 2 is 1.80 bits per heavy atom. The number of aliphatic hydroxyl groups excluding tert-OH is 1. The molecule has 0 saturated carbocycles. The van der Waals surface area contributed by atoms with Crippen LogP contribution in [0.25, 0.3) is 5.76 Å². The number of hydrogen-bond donors (Lipinski definition) is 1. The van der Waals surface area contributed by atoms with E-state index in [2.05, 4.69) is 20.8 Å². The van der Waals surface area contributed by atoms with Gasteiger partial charge in [0.15, 0.2) is 0 Å². The Kier molecular flexibility index (Phi) is 6.57. The van der Waals surface area contributed by atoms with Crippen molar-refractivity contribution in [1.82, 2.24) is 4.90 Å². The van der Waals surface area contributed by atoms with Crippen molar-refractivity contribution in [3.8, 4) is 5.75 Å². The van der Waals surface area contributed by atoms with Gasteiger partial charge in [0.2, 0.25) is 0 Å². The zero-order valence-corrected chi connectivity index (χ0v) is 20.8. The van der Waals surface area contributed by atoms with Crippen LogP contribution < -0.4 is 4.74 Å². The van der Waals surface area contributed by atoms with E-state index in [0.29, 0.717) is 24.3 Å². The maximum atomic E-state index is 13.3. The van der Waals surface area contributed by atoms with Crippen molar-refractivity contribution in [2.75, 3.05) is 13.7 Å². The van der Waals surface area contributed by atoms with Gasteiger partial charge in [-0.05, 0) is 65.8 Å². The van der Waals surface area contributed by atoms with E-state index in [1.165, 1.54) is 11.2 Å². The molecule has 1 N–H and O–H groups in total. The normalized spacial score (nSPS) is 17.7. The number of likely N-dealkylation sites (tertiary alicyclic amines) is 1. The number of ketones is 1. The lowest BCUT2D eigenvalue weighted by molar-refractivity contribution is -0.140. The third-order valence-electron chi connectivity index (χ3n) is 6.51. The molecular formula is C29H31NO5. The van der Waals surface area contributed by atoms with Crippen LogP contribution in [-0.4, -0.2) is 35.4 Å². The number of aliphatic hydroxyl groups is 1. The third kappa shape index (κ3) is 4.74. The predicted molar refractivity (Wildman–Crippen MR) is 134 cm³/mol. The molecule has 0 radical (unpaired) electrons. The van der Waals surface area contributed by atoms with Crippen LogP contribution in [0, 0.1) is 6.92 Å². The van der Waals surface area contributed by atoms with Gasteiger partial charge in [0.1, 0.15) is 23.3 Å².